The monoisotopic (exact) mass is 452 g/mol. The van der Waals surface area contributed by atoms with Crippen molar-refractivity contribution in [2.75, 3.05) is 19.8 Å². The van der Waals surface area contributed by atoms with E-state index >= 15 is 0 Å². The van der Waals surface area contributed by atoms with Gasteiger partial charge in [-0.15, -0.1) is 6.58 Å². The van der Waals surface area contributed by atoms with E-state index in [2.05, 4.69) is 39.3 Å². The second kappa shape index (κ2) is 11.8. The fraction of sp³-hybridized carbons (Fsp3) is 0.765. The largest absolute Gasteiger partial charge is 0.502 e. The van der Waals surface area contributed by atoms with Gasteiger partial charge in [-0.3, -0.25) is 0 Å². The van der Waals surface area contributed by atoms with Gasteiger partial charge in [-0.2, -0.15) is 0 Å². The first-order valence-electron chi connectivity index (χ1n) is 9.46. The highest BCUT2D eigenvalue weighted by atomic mass is 28.5. The van der Waals surface area contributed by atoms with Crippen molar-refractivity contribution in [3.63, 3.8) is 0 Å². The second-order valence-electron chi connectivity index (χ2n) is 8.10. The van der Waals surface area contributed by atoms with E-state index in [0.29, 0.717) is 19.8 Å². The van der Waals surface area contributed by atoms with Crippen LogP contribution in [-0.2, 0) is 25.9 Å². The molecule has 0 rings (SSSR count). The minimum atomic E-state index is -2.40. The molecule has 0 aromatic heterocycles. The third kappa shape index (κ3) is 14.6. The Bertz CT molecular complexity index is 455. The zero-order valence-electron chi connectivity index (χ0n) is 18.6. The van der Waals surface area contributed by atoms with Crippen LogP contribution in [0.15, 0.2) is 25.5 Å². The summed E-state index contributed by atoms with van der Waals surface area (Å²) < 4.78 is 36.1. The van der Waals surface area contributed by atoms with Gasteiger partial charge >= 0.3 is 34.2 Å². The van der Waals surface area contributed by atoms with E-state index in [4.69, 9.17) is 25.9 Å². The lowest BCUT2D eigenvalue weighted by molar-refractivity contribution is 0.197. The maximum Gasteiger partial charge on any atom is 0.323 e. The maximum atomic E-state index is 6.42. The standard InChI is InChI=1S/C17H40O6Si4/c1-11-15-19-24(3,4)21-26(7,8)23-27(9,10)22-25(5,6)20-17-14-13-16-18-12-2/h11-12H,1-2,13-17H2,3-10H3. The van der Waals surface area contributed by atoms with Crippen LogP contribution >= 0.6 is 0 Å². The van der Waals surface area contributed by atoms with Crippen LogP contribution in [0.2, 0.25) is 52.4 Å². The minimum Gasteiger partial charge on any atom is -0.502 e. The maximum absolute atomic E-state index is 6.42. The molecule has 27 heavy (non-hydrogen) atoms. The molecule has 6 nitrogen and oxygen atoms in total. The van der Waals surface area contributed by atoms with Gasteiger partial charge in [0.05, 0.1) is 19.5 Å². The number of ether oxygens (including phenoxy) is 1. The van der Waals surface area contributed by atoms with Crippen molar-refractivity contribution in [2.24, 2.45) is 0 Å². The Balaban J connectivity index is 4.56. The van der Waals surface area contributed by atoms with Crippen LogP contribution in [-0.4, -0.2) is 54.1 Å². The van der Waals surface area contributed by atoms with Gasteiger partial charge in [0, 0.05) is 6.61 Å². The molecular formula is C17H40O6Si4. The van der Waals surface area contributed by atoms with Gasteiger partial charge in [-0.25, -0.2) is 0 Å². The summed E-state index contributed by atoms with van der Waals surface area (Å²) in [7, 11) is -9.34. The molecule has 0 fully saturated rings. The molecule has 0 aliphatic rings. The summed E-state index contributed by atoms with van der Waals surface area (Å²) in [4.78, 5) is 0. The number of hydrogen-bond acceptors (Lipinski definition) is 6. The average Bonchev–Trinajstić information content (AvgIpc) is 2.45. The van der Waals surface area contributed by atoms with E-state index in [0.717, 1.165) is 12.8 Å². The lowest BCUT2D eigenvalue weighted by Crippen LogP contribution is -2.57. The van der Waals surface area contributed by atoms with E-state index in [-0.39, 0.29) is 0 Å². The van der Waals surface area contributed by atoms with Gasteiger partial charge in [0.15, 0.2) is 0 Å². The van der Waals surface area contributed by atoms with Crippen LogP contribution in [0.1, 0.15) is 12.8 Å². The Morgan fingerprint density at radius 2 is 1.07 bits per heavy atom. The SMILES string of the molecule is C=CCO[Si](C)(C)O[Si](C)(C)O[Si](C)(C)O[Si](C)(C)OCCCCOC=C. The molecule has 0 aromatic carbocycles. The third-order valence-corrected chi connectivity index (χ3v) is 16.8. The Morgan fingerprint density at radius 3 is 1.56 bits per heavy atom. The van der Waals surface area contributed by atoms with Crippen molar-refractivity contribution >= 4 is 34.2 Å². The first-order valence-corrected chi connectivity index (χ1v) is 20.7. The van der Waals surface area contributed by atoms with Crippen molar-refractivity contribution < 1.29 is 25.9 Å². The molecule has 0 aromatic rings. The lowest BCUT2D eigenvalue weighted by atomic mass is 10.3. The van der Waals surface area contributed by atoms with Crippen molar-refractivity contribution in [3.05, 3.63) is 25.5 Å². The van der Waals surface area contributed by atoms with Crippen LogP contribution in [0.25, 0.3) is 0 Å². The Labute approximate surface area is 170 Å². The van der Waals surface area contributed by atoms with E-state index in [9.17, 15) is 0 Å². The van der Waals surface area contributed by atoms with Gasteiger partial charge < -0.3 is 25.9 Å². The number of rotatable bonds is 16. The topological polar surface area (TPSA) is 55.4 Å². The molecule has 0 bridgehead atoms. The average molecular weight is 453 g/mol. The lowest BCUT2D eigenvalue weighted by Gasteiger charge is -2.40. The van der Waals surface area contributed by atoms with E-state index in [1.54, 1.807) is 6.08 Å². The summed E-state index contributed by atoms with van der Waals surface area (Å²) >= 11 is 0. The molecule has 0 radical (unpaired) electrons. The van der Waals surface area contributed by atoms with Crippen LogP contribution in [0, 0.1) is 0 Å². The molecule has 0 N–H and O–H groups in total. The van der Waals surface area contributed by atoms with Crippen molar-refractivity contribution in [2.45, 2.75) is 65.2 Å². The Morgan fingerprint density at radius 1 is 0.630 bits per heavy atom. The van der Waals surface area contributed by atoms with Crippen molar-refractivity contribution in [1.29, 1.82) is 0 Å². The second-order valence-corrected chi connectivity index (χ2v) is 22.3. The summed E-state index contributed by atoms with van der Waals surface area (Å²) in [6, 6.07) is 0. The van der Waals surface area contributed by atoms with Gasteiger partial charge in [-0.1, -0.05) is 12.7 Å². The molecule has 160 valence electrons. The summed E-state index contributed by atoms with van der Waals surface area (Å²) in [6.45, 7) is 25.4. The summed E-state index contributed by atoms with van der Waals surface area (Å²) in [5.74, 6) is 0. The van der Waals surface area contributed by atoms with E-state index in [1.165, 1.54) is 6.26 Å². The van der Waals surface area contributed by atoms with Gasteiger partial charge in [-0.05, 0) is 65.2 Å². The molecule has 0 spiro atoms. The fourth-order valence-electron chi connectivity index (χ4n) is 2.82. The van der Waals surface area contributed by atoms with Crippen molar-refractivity contribution in [3.8, 4) is 0 Å². The minimum absolute atomic E-state index is 0.493. The quantitative estimate of drug-likeness (QED) is 0.142. The van der Waals surface area contributed by atoms with Crippen LogP contribution in [0.4, 0.5) is 0 Å². The van der Waals surface area contributed by atoms with E-state index < -0.39 is 34.2 Å². The van der Waals surface area contributed by atoms with Gasteiger partial charge in [0.2, 0.25) is 0 Å². The summed E-state index contributed by atoms with van der Waals surface area (Å²) in [5, 5.41) is 0. The van der Waals surface area contributed by atoms with Crippen LogP contribution in [0.3, 0.4) is 0 Å². The molecule has 0 saturated carbocycles. The molecular weight excluding hydrogens is 413 g/mol. The van der Waals surface area contributed by atoms with Gasteiger partial charge in [0.25, 0.3) is 0 Å². The molecule has 0 saturated heterocycles. The number of unbranched alkanes of at least 4 members (excludes halogenated alkanes) is 1. The Hall–Kier alpha value is -0.0525. The summed E-state index contributed by atoms with van der Waals surface area (Å²) in [5.41, 5.74) is 0. The Kier molecular flexibility index (Phi) is 11.8. The normalized spacial score (nSPS) is 13.5. The van der Waals surface area contributed by atoms with Crippen LogP contribution in [0.5, 0.6) is 0 Å². The highest BCUT2D eigenvalue weighted by molar-refractivity contribution is 6.87. The molecule has 0 heterocycles. The zero-order valence-corrected chi connectivity index (χ0v) is 22.6. The van der Waals surface area contributed by atoms with Gasteiger partial charge in [0.1, 0.15) is 0 Å². The predicted octanol–water partition coefficient (Wildman–Crippen LogP) is 5.00. The summed E-state index contributed by atoms with van der Waals surface area (Å²) in [6.07, 6.45) is 5.07. The molecule has 0 atom stereocenters. The number of hydrogen-bond donors (Lipinski definition) is 0. The first kappa shape index (κ1) is 26.9. The predicted molar refractivity (Wildman–Crippen MR) is 121 cm³/mol. The smallest absolute Gasteiger partial charge is 0.323 e. The highest BCUT2D eigenvalue weighted by Gasteiger charge is 2.44. The zero-order chi connectivity index (χ0) is 21.2. The van der Waals surface area contributed by atoms with E-state index in [1.807, 2.05) is 26.2 Å². The molecule has 0 aliphatic carbocycles. The van der Waals surface area contributed by atoms with Crippen LogP contribution < -0.4 is 0 Å². The van der Waals surface area contributed by atoms with Crippen molar-refractivity contribution in [1.82, 2.24) is 0 Å². The third-order valence-electron chi connectivity index (χ3n) is 3.25. The first-order chi connectivity index (χ1) is 12.2. The molecule has 0 aliphatic heterocycles. The fourth-order valence-corrected chi connectivity index (χ4v) is 19.7. The molecule has 0 amide bonds. The highest BCUT2D eigenvalue weighted by Crippen LogP contribution is 2.24. The molecule has 0 unspecified atom stereocenters. The molecule has 10 heteroatoms.